The number of rotatable bonds is 1. The van der Waals surface area contributed by atoms with E-state index < -0.39 is 0 Å². The summed E-state index contributed by atoms with van der Waals surface area (Å²) in [5.41, 5.74) is 2.94. The summed E-state index contributed by atoms with van der Waals surface area (Å²) in [6.07, 6.45) is 1.96. The van der Waals surface area contributed by atoms with Crippen LogP contribution in [0.25, 0.3) is 0 Å². The third-order valence-corrected chi connectivity index (χ3v) is 3.94. The lowest BCUT2D eigenvalue weighted by atomic mass is 9.94. The summed E-state index contributed by atoms with van der Waals surface area (Å²) < 4.78 is 6.10. The monoisotopic (exact) mass is 245 g/mol. The van der Waals surface area contributed by atoms with Crippen LogP contribution in [-0.4, -0.2) is 23.6 Å². The van der Waals surface area contributed by atoms with Gasteiger partial charge in [0.05, 0.1) is 5.56 Å². The third kappa shape index (κ3) is 1.53. The lowest BCUT2D eigenvalue weighted by Gasteiger charge is -2.34. The van der Waals surface area contributed by atoms with Crippen LogP contribution in [0.5, 0.6) is 5.75 Å². The molecule has 0 aliphatic carbocycles. The molecule has 1 unspecified atom stereocenters. The number of ether oxygens (including phenoxy) is 1. The molecule has 2 aliphatic rings. The summed E-state index contributed by atoms with van der Waals surface area (Å²) in [6.45, 7) is 7.09. The number of carbonyl (C=O) groups is 1. The average molecular weight is 245 g/mol. The second-order valence-corrected chi connectivity index (χ2v) is 5.54. The molecule has 1 saturated heterocycles. The second kappa shape index (κ2) is 4.01. The Morgan fingerprint density at radius 3 is 2.89 bits per heavy atom. The number of fused-ring (bicyclic) bond motifs is 2. The van der Waals surface area contributed by atoms with Crippen molar-refractivity contribution in [3.8, 4) is 5.75 Å². The van der Waals surface area contributed by atoms with Crippen molar-refractivity contribution < 1.29 is 9.53 Å². The molecule has 1 aromatic carbocycles. The van der Waals surface area contributed by atoms with E-state index in [-0.39, 0.29) is 12.1 Å². The predicted molar refractivity (Wildman–Crippen MR) is 70.0 cm³/mol. The molecule has 3 heteroatoms. The van der Waals surface area contributed by atoms with Gasteiger partial charge in [-0.25, -0.2) is 0 Å². The SMILES string of the molecule is Cc1ccc(C(C)C)c2c1C(=O)N1CCCC1O2. The fourth-order valence-corrected chi connectivity index (χ4v) is 2.92. The summed E-state index contributed by atoms with van der Waals surface area (Å²) in [5, 5.41) is 0. The summed E-state index contributed by atoms with van der Waals surface area (Å²) in [7, 11) is 0. The van der Waals surface area contributed by atoms with Gasteiger partial charge in [0.25, 0.3) is 5.91 Å². The van der Waals surface area contributed by atoms with Gasteiger partial charge in [-0.3, -0.25) is 4.79 Å². The summed E-state index contributed by atoms with van der Waals surface area (Å²) in [5.74, 6) is 1.36. The van der Waals surface area contributed by atoms with E-state index in [1.807, 2.05) is 17.9 Å². The van der Waals surface area contributed by atoms with Gasteiger partial charge >= 0.3 is 0 Å². The second-order valence-electron chi connectivity index (χ2n) is 5.54. The van der Waals surface area contributed by atoms with E-state index in [1.54, 1.807) is 0 Å². The zero-order valence-electron chi connectivity index (χ0n) is 11.2. The first-order valence-corrected chi connectivity index (χ1v) is 6.70. The van der Waals surface area contributed by atoms with Gasteiger partial charge in [0.15, 0.2) is 6.23 Å². The van der Waals surface area contributed by atoms with Crippen molar-refractivity contribution in [2.45, 2.75) is 45.8 Å². The van der Waals surface area contributed by atoms with Crippen LogP contribution in [-0.2, 0) is 0 Å². The zero-order chi connectivity index (χ0) is 12.9. The highest BCUT2D eigenvalue weighted by atomic mass is 16.5. The molecular formula is C15H19NO2. The molecule has 0 N–H and O–H groups in total. The van der Waals surface area contributed by atoms with Crippen molar-refractivity contribution in [1.82, 2.24) is 4.90 Å². The number of aryl methyl sites for hydroxylation is 1. The first-order chi connectivity index (χ1) is 8.59. The van der Waals surface area contributed by atoms with E-state index in [1.165, 1.54) is 0 Å². The maximum atomic E-state index is 12.5. The third-order valence-electron chi connectivity index (χ3n) is 3.94. The van der Waals surface area contributed by atoms with Gasteiger partial charge in [-0.2, -0.15) is 0 Å². The highest BCUT2D eigenvalue weighted by molar-refractivity contribution is 6.00. The van der Waals surface area contributed by atoms with Gasteiger partial charge in [0.2, 0.25) is 0 Å². The summed E-state index contributed by atoms with van der Waals surface area (Å²) >= 11 is 0. The minimum absolute atomic E-state index is 0.0377. The molecule has 0 spiro atoms. The molecule has 96 valence electrons. The molecule has 18 heavy (non-hydrogen) atoms. The van der Waals surface area contributed by atoms with Crippen molar-refractivity contribution >= 4 is 5.91 Å². The topological polar surface area (TPSA) is 29.5 Å². The highest BCUT2D eigenvalue weighted by Crippen LogP contribution is 2.39. The fourth-order valence-electron chi connectivity index (χ4n) is 2.92. The largest absolute Gasteiger partial charge is 0.469 e. The number of carbonyl (C=O) groups excluding carboxylic acids is 1. The molecule has 3 rings (SSSR count). The van der Waals surface area contributed by atoms with Crippen molar-refractivity contribution in [2.24, 2.45) is 0 Å². The molecule has 0 radical (unpaired) electrons. The van der Waals surface area contributed by atoms with Crippen LogP contribution in [0.1, 0.15) is 54.1 Å². The van der Waals surface area contributed by atoms with E-state index in [4.69, 9.17) is 4.74 Å². The first kappa shape index (κ1) is 11.6. The number of nitrogens with zero attached hydrogens (tertiary/aromatic N) is 1. The van der Waals surface area contributed by atoms with Crippen LogP contribution in [0.15, 0.2) is 12.1 Å². The zero-order valence-corrected chi connectivity index (χ0v) is 11.2. The standard InChI is InChI=1S/C15H19NO2/c1-9(2)11-7-6-10(3)13-14(11)18-12-5-4-8-16(12)15(13)17/h6-7,9,12H,4-5,8H2,1-3H3. The molecular weight excluding hydrogens is 226 g/mol. The molecule has 2 aliphatic heterocycles. The Labute approximate surface area is 108 Å². The van der Waals surface area contributed by atoms with Crippen molar-refractivity contribution in [3.05, 3.63) is 28.8 Å². The van der Waals surface area contributed by atoms with Crippen LogP contribution >= 0.6 is 0 Å². The van der Waals surface area contributed by atoms with Crippen molar-refractivity contribution in [3.63, 3.8) is 0 Å². The molecule has 0 aromatic heterocycles. The van der Waals surface area contributed by atoms with Crippen LogP contribution in [0.2, 0.25) is 0 Å². The van der Waals surface area contributed by atoms with E-state index in [0.29, 0.717) is 5.92 Å². The van der Waals surface area contributed by atoms with E-state index in [0.717, 1.165) is 41.8 Å². The molecule has 2 heterocycles. The van der Waals surface area contributed by atoms with E-state index >= 15 is 0 Å². The molecule has 1 atom stereocenters. The van der Waals surface area contributed by atoms with Crippen LogP contribution in [0.4, 0.5) is 0 Å². The normalized spacial score (nSPS) is 21.9. The number of hydrogen-bond donors (Lipinski definition) is 0. The Kier molecular flexibility index (Phi) is 2.58. The Morgan fingerprint density at radius 2 is 2.17 bits per heavy atom. The average Bonchev–Trinajstić information content (AvgIpc) is 2.77. The summed E-state index contributed by atoms with van der Waals surface area (Å²) in [4.78, 5) is 14.4. The van der Waals surface area contributed by atoms with Gasteiger partial charge in [0.1, 0.15) is 5.75 Å². The van der Waals surface area contributed by atoms with Gasteiger partial charge in [-0.1, -0.05) is 26.0 Å². The lowest BCUT2D eigenvalue weighted by Crippen LogP contribution is -2.43. The van der Waals surface area contributed by atoms with Gasteiger partial charge in [-0.05, 0) is 30.4 Å². The van der Waals surface area contributed by atoms with Gasteiger partial charge in [0, 0.05) is 13.0 Å². The quantitative estimate of drug-likeness (QED) is 0.761. The van der Waals surface area contributed by atoms with Gasteiger partial charge in [-0.15, -0.1) is 0 Å². The summed E-state index contributed by atoms with van der Waals surface area (Å²) in [6, 6.07) is 4.13. The Balaban J connectivity index is 2.17. The number of amides is 1. The van der Waals surface area contributed by atoms with Crippen LogP contribution < -0.4 is 4.74 Å². The van der Waals surface area contributed by atoms with Crippen molar-refractivity contribution in [2.75, 3.05) is 6.54 Å². The molecule has 0 bridgehead atoms. The van der Waals surface area contributed by atoms with Crippen LogP contribution in [0, 0.1) is 6.92 Å². The molecule has 0 saturated carbocycles. The smallest absolute Gasteiger partial charge is 0.260 e. The van der Waals surface area contributed by atoms with Crippen molar-refractivity contribution in [1.29, 1.82) is 0 Å². The Hall–Kier alpha value is -1.51. The Morgan fingerprint density at radius 1 is 1.39 bits per heavy atom. The lowest BCUT2D eigenvalue weighted by molar-refractivity contribution is 0.0286. The first-order valence-electron chi connectivity index (χ1n) is 6.70. The number of hydrogen-bond acceptors (Lipinski definition) is 2. The molecule has 1 aromatic rings. The predicted octanol–water partition coefficient (Wildman–Crippen LogP) is 3.07. The van der Waals surface area contributed by atoms with Gasteiger partial charge < -0.3 is 9.64 Å². The molecule has 3 nitrogen and oxygen atoms in total. The molecule has 1 amide bonds. The molecule has 1 fully saturated rings. The minimum Gasteiger partial charge on any atom is -0.469 e. The Bertz CT molecular complexity index is 507. The van der Waals surface area contributed by atoms with E-state index in [2.05, 4.69) is 19.9 Å². The number of benzene rings is 1. The highest BCUT2D eigenvalue weighted by Gasteiger charge is 2.39. The maximum absolute atomic E-state index is 12.5. The maximum Gasteiger partial charge on any atom is 0.260 e. The minimum atomic E-state index is -0.0377. The van der Waals surface area contributed by atoms with E-state index in [9.17, 15) is 4.79 Å². The fraction of sp³-hybridized carbons (Fsp3) is 0.533. The van der Waals surface area contributed by atoms with Crippen LogP contribution in [0.3, 0.4) is 0 Å².